The van der Waals surface area contributed by atoms with Gasteiger partial charge in [0.2, 0.25) is 5.88 Å². The molecule has 0 spiro atoms. The van der Waals surface area contributed by atoms with Crippen molar-refractivity contribution in [1.82, 2.24) is 9.55 Å². The van der Waals surface area contributed by atoms with Crippen LogP contribution >= 0.6 is 11.6 Å². The van der Waals surface area contributed by atoms with Crippen molar-refractivity contribution in [3.8, 4) is 29.5 Å². The van der Waals surface area contributed by atoms with Crippen molar-refractivity contribution in [2.24, 2.45) is 0 Å². The molecule has 0 N–H and O–H groups in total. The quantitative estimate of drug-likeness (QED) is 0.606. The molecule has 0 unspecified atom stereocenters. The molecule has 1 aliphatic rings. The first-order valence-corrected chi connectivity index (χ1v) is 9.72. The lowest BCUT2D eigenvalue weighted by molar-refractivity contribution is 0.291. The number of aromatic nitrogens is 2. The van der Waals surface area contributed by atoms with Gasteiger partial charge in [0.25, 0.3) is 0 Å². The highest BCUT2D eigenvalue weighted by atomic mass is 35.5. The van der Waals surface area contributed by atoms with E-state index in [2.05, 4.69) is 11.1 Å². The normalized spacial score (nSPS) is 12.1. The molecule has 0 fully saturated rings. The van der Waals surface area contributed by atoms with Gasteiger partial charge in [0.1, 0.15) is 36.1 Å². The van der Waals surface area contributed by atoms with E-state index in [0.717, 1.165) is 17.9 Å². The number of benzene rings is 2. The van der Waals surface area contributed by atoms with Crippen molar-refractivity contribution >= 4 is 17.4 Å². The van der Waals surface area contributed by atoms with Gasteiger partial charge in [-0.15, -0.1) is 0 Å². The van der Waals surface area contributed by atoms with Gasteiger partial charge in [-0.3, -0.25) is 4.57 Å². The first-order valence-electron chi connectivity index (χ1n) is 9.35. The Hall–Kier alpha value is -4.01. The maximum atomic E-state index is 12.1. The number of fused-ring (bicyclic) bond motifs is 1. The predicted octanol–water partition coefficient (Wildman–Crippen LogP) is 3.46. The van der Waals surface area contributed by atoms with E-state index in [4.69, 9.17) is 26.3 Å². The van der Waals surface area contributed by atoms with E-state index in [1.165, 1.54) is 6.07 Å². The second-order valence-electron chi connectivity index (χ2n) is 6.89. The Bertz CT molecular complexity index is 1310. The summed E-state index contributed by atoms with van der Waals surface area (Å²) in [4.78, 5) is 18.1. The molecule has 3 aromatic rings. The molecular weight excluding hydrogens is 418 g/mol. The summed E-state index contributed by atoms with van der Waals surface area (Å²) in [6.45, 7) is 1.49. The standard InChI is InChI=1S/C22H16ClN5O3/c1-27-6-7-28-21(27)10-20(26-22(28)29)30-13-14-2-5-19(16(8-14)12-25)31-17-4-3-15(11-24)18(23)9-17/h2-5,8-10H,6-7,13H2,1H3. The molecule has 31 heavy (non-hydrogen) atoms. The van der Waals surface area contributed by atoms with Gasteiger partial charge in [0.15, 0.2) is 0 Å². The Balaban J connectivity index is 1.50. The highest BCUT2D eigenvalue weighted by Gasteiger charge is 2.19. The zero-order valence-electron chi connectivity index (χ0n) is 16.5. The lowest BCUT2D eigenvalue weighted by Gasteiger charge is -2.13. The van der Waals surface area contributed by atoms with Crippen LogP contribution in [0.25, 0.3) is 0 Å². The van der Waals surface area contributed by atoms with Gasteiger partial charge in [0.05, 0.1) is 16.1 Å². The van der Waals surface area contributed by atoms with E-state index in [1.807, 2.05) is 18.0 Å². The van der Waals surface area contributed by atoms with Gasteiger partial charge in [-0.1, -0.05) is 17.7 Å². The molecule has 0 saturated carbocycles. The molecule has 2 heterocycles. The summed E-state index contributed by atoms with van der Waals surface area (Å²) in [5.74, 6) is 1.76. The summed E-state index contributed by atoms with van der Waals surface area (Å²) < 4.78 is 13.1. The van der Waals surface area contributed by atoms with Gasteiger partial charge in [-0.2, -0.15) is 15.5 Å². The van der Waals surface area contributed by atoms with Crippen LogP contribution in [0.3, 0.4) is 0 Å². The van der Waals surface area contributed by atoms with Crippen molar-refractivity contribution in [3.63, 3.8) is 0 Å². The molecule has 8 nitrogen and oxygen atoms in total. The van der Waals surface area contributed by atoms with Crippen LogP contribution < -0.4 is 20.1 Å². The van der Waals surface area contributed by atoms with Gasteiger partial charge < -0.3 is 14.4 Å². The number of likely N-dealkylation sites (N-methyl/N-ethyl adjacent to an activating group) is 1. The van der Waals surface area contributed by atoms with Gasteiger partial charge in [-0.25, -0.2) is 4.79 Å². The van der Waals surface area contributed by atoms with Gasteiger partial charge in [0, 0.05) is 32.3 Å². The Morgan fingerprint density at radius 3 is 2.65 bits per heavy atom. The molecule has 0 aliphatic carbocycles. The van der Waals surface area contributed by atoms with Crippen LogP contribution in [0.15, 0.2) is 47.3 Å². The number of anilines is 1. The molecule has 0 bridgehead atoms. The van der Waals surface area contributed by atoms with Gasteiger partial charge in [-0.05, 0) is 29.8 Å². The fraction of sp³-hybridized carbons (Fsp3) is 0.182. The van der Waals surface area contributed by atoms with Crippen molar-refractivity contribution in [2.75, 3.05) is 18.5 Å². The Labute approximate surface area is 183 Å². The van der Waals surface area contributed by atoms with E-state index >= 15 is 0 Å². The topological polar surface area (TPSA) is 104 Å². The molecule has 154 valence electrons. The molecule has 0 radical (unpaired) electrons. The highest BCUT2D eigenvalue weighted by Crippen LogP contribution is 2.29. The number of rotatable bonds is 5. The number of nitriles is 2. The van der Waals surface area contributed by atoms with E-state index in [-0.39, 0.29) is 23.2 Å². The van der Waals surface area contributed by atoms with Crippen molar-refractivity contribution in [2.45, 2.75) is 13.2 Å². The molecule has 2 aromatic carbocycles. The molecule has 0 amide bonds. The zero-order valence-corrected chi connectivity index (χ0v) is 17.3. The summed E-state index contributed by atoms with van der Waals surface area (Å²) in [6.07, 6.45) is 0. The average molecular weight is 434 g/mol. The fourth-order valence-corrected chi connectivity index (χ4v) is 3.43. The van der Waals surface area contributed by atoms with E-state index in [0.29, 0.717) is 29.2 Å². The van der Waals surface area contributed by atoms with Crippen LogP contribution in [-0.4, -0.2) is 23.1 Å². The van der Waals surface area contributed by atoms with Crippen molar-refractivity contribution in [3.05, 3.63) is 74.7 Å². The molecule has 9 heteroatoms. The minimum absolute atomic E-state index is 0.136. The molecule has 1 aliphatic heterocycles. The SMILES string of the molecule is CN1CCn2c1cc(OCc1ccc(Oc3ccc(C#N)c(Cl)c3)c(C#N)c1)nc2=O. The van der Waals surface area contributed by atoms with Crippen molar-refractivity contribution in [1.29, 1.82) is 10.5 Å². The summed E-state index contributed by atoms with van der Waals surface area (Å²) >= 11 is 6.03. The smallest absolute Gasteiger partial charge is 0.352 e. The predicted molar refractivity (Wildman–Crippen MR) is 113 cm³/mol. The maximum absolute atomic E-state index is 12.1. The van der Waals surface area contributed by atoms with Crippen molar-refractivity contribution < 1.29 is 9.47 Å². The highest BCUT2D eigenvalue weighted by molar-refractivity contribution is 6.31. The Kier molecular flexibility index (Phi) is 5.48. The molecule has 4 rings (SSSR count). The van der Waals surface area contributed by atoms with E-state index in [9.17, 15) is 10.1 Å². The van der Waals surface area contributed by atoms with Crippen LogP contribution in [0, 0.1) is 22.7 Å². The van der Waals surface area contributed by atoms with Crippen LogP contribution in [-0.2, 0) is 13.2 Å². The third kappa shape index (κ3) is 4.16. The second kappa shape index (κ2) is 8.39. The van der Waals surface area contributed by atoms with Gasteiger partial charge >= 0.3 is 5.69 Å². The lowest BCUT2D eigenvalue weighted by Crippen LogP contribution is -2.22. The molecule has 0 atom stereocenters. The Morgan fingerprint density at radius 1 is 1.10 bits per heavy atom. The third-order valence-corrected chi connectivity index (χ3v) is 5.17. The van der Waals surface area contributed by atoms with Crippen LogP contribution in [0.1, 0.15) is 16.7 Å². The third-order valence-electron chi connectivity index (χ3n) is 4.86. The average Bonchev–Trinajstić information content (AvgIpc) is 3.14. The second-order valence-corrected chi connectivity index (χ2v) is 7.30. The zero-order chi connectivity index (χ0) is 22.0. The number of hydrogen-bond donors (Lipinski definition) is 0. The first-order chi connectivity index (χ1) is 15.0. The van der Waals surface area contributed by atoms with E-state index in [1.54, 1.807) is 41.0 Å². The minimum atomic E-state index is -0.348. The maximum Gasteiger partial charge on any atom is 0.352 e. The minimum Gasteiger partial charge on any atom is -0.473 e. The van der Waals surface area contributed by atoms with Crippen LogP contribution in [0.5, 0.6) is 17.4 Å². The van der Waals surface area contributed by atoms with Crippen LogP contribution in [0.4, 0.5) is 5.82 Å². The van der Waals surface area contributed by atoms with E-state index < -0.39 is 0 Å². The number of nitrogens with zero attached hydrogens (tertiary/aromatic N) is 5. The number of halogens is 1. The number of hydrogen-bond acceptors (Lipinski definition) is 7. The number of ether oxygens (including phenoxy) is 2. The summed E-state index contributed by atoms with van der Waals surface area (Å²) in [5.41, 5.74) is 1.02. The molecular formula is C22H16ClN5O3. The molecule has 1 aromatic heterocycles. The lowest BCUT2D eigenvalue weighted by atomic mass is 10.1. The fourth-order valence-electron chi connectivity index (χ4n) is 3.22. The van der Waals surface area contributed by atoms with Crippen LogP contribution in [0.2, 0.25) is 5.02 Å². The molecule has 0 saturated heterocycles. The summed E-state index contributed by atoms with van der Waals surface area (Å²) in [6, 6.07) is 15.5. The summed E-state index contributed by atoms with van der Waals surface area (Å²) in [7, 11) is 1.90. The largest absolute Gasteiger partial charge is 0.473 e. The Morgan fingerprint density at radius 2 is 1.90 bits per heavy atom. The summed E-state index contributed by atoms with van der Waals surface area (Å²) in [5, 5.41) is 18.7. The monoisotopic (exact) mass is 433 g/mol. The first kappa shape index (κ1) is 20.3.